The predicted octanol–water partition coefficient (Wildman–Crippen LogP) is 2.69. The van der Waals surface area contributed by atoms with Gasteiger partial charge in [-0.25, -0.2) is 22.2 Å². The molecule has 0 radical (unpaired) electrons. The molecule has 9 heteroatoms. The van der Waals surface area contributed by atoms with Gasteiger partial charge in [-0.15, -0.1) is 0 Å². The monoisotopic (exact) mass is 336 g/mol. The molecule has 0 spiro atoms. The molecule has 0 aliphatic carbocycles. The highest BCUT2D eigenvalue weighted by Gasteiger charge is 2.23. The molecule has 0 saturated heterocycles. The third kappa shape index (κ3) is 3.51. The van der Waals surface area contributed by atoms with E-state index in [9.17, 15) is 17.2 Å². The van der Waals surface area contributed by atoms with Crippen molar-refractivity contribution < 1.29 is 21.9 Å². The number of halogens is 3. The largest absolute Gasteiger partial charge is 0.483 e. The van der Waals surface area contributed by atoms with Gasteiger partial charge in [0.2, 0.25) is 0 Å². The molecule has 2 rings (SSSR count). The van der Waals surface area contributed by atoms with Crippen molar-refractivity contribution in [3.63, 3.8) is 0 Å². The Bertz CT molecular complexity index is 762. The van der Waals surface area contributed by atoms with E-state index in [0.717, 1.165) is 0 Å². The van der Waals surface area contributed by atoms with Crippen LogP contribution in [0.5, 0.6) is 5.75 Å². The number of hydrogen-bond donors (Lipinski definition) is 0. The maximum atomic E-state index is 13.7. The van der Waals surface area contributed by atoms with E-state index < -0.39 is 31.3 Å². The highest BCUT2D eigenvalue weighted by Crippen LogP contribution is 2.31. The van der Waals surface area contributed by atoms with Gasteiger partial charge in [-0.05, 0) is 13.0 Å². The first-order valence-corrected chi connectivity index (χ1v) is 8.19. The molecule has 0 N–H and O–H groups in total. The van der Waals surface area contributed by atoms with Crippen LogP contribution < -0.4 is 4.74 Å². The lowest BCUT2D eigenvalue weighted by Gasteiger charge is -2.11. The molecule has 1 aromatic heterocycles. The van der Waals surface area contributed by atoms with Crippen molar-refractivity contribution in [1.82, 2.24) is 9.55 Å². The van der Waals surface area contributed by atoms with E-state index in [0.29, 0.717) is 24.4 Å². The first-order valence-electron chi connectivity index (χ1n) is 5.88. The molecule has 21 heavy (non-hydrogen) atoms. The maximum Gasteiger partial charge on any atom is 0.265 e. The van der Waals surface area contributed by atoms with Crippen LogP contribution >= 0.6 is 10.7 Å². The quantitative estimate of drug-likeness (QED) is 0.788. The van der Waals surface area contributed by atoms with Gasteiger partial charge in [0.1, 0.15) is 17.3 Å². The number of aryl methyl sites for hydroxylation is 1. The molecule has 0 atom stereocenters. The van der Waals surface area contributed by atoms with E-state index in [1.807, 2.05) is 6.92 Å². The van der Waals surface area contributed by atoms with E-state index in [4.69, 9.17) is 15.4 Å². The molecule has 0 bridgehead atoms. The lowest BCUT2D eigenvalue weighted by Crippen LogP contribution is -2.07. The summed E-state index contributed by atoms with van der Waals surface area (Å²) in [7, 11) is 0.828. The third-order valence-corrected chi connectivity index (χ3v) is 4.07. The number of benzene rings is 1. The fraction of sp³-hybridized carbons (Fsp3) is 0.250. The van der Waals surface area contributed by atoms with Gasteiger partial charge in [-0.1, -0.05) is 0 Å². The van der Waals surface area contributed by atoms with Gasteiger partial charge in [-0.3, -0.25) is 0 Å². The molecule has 1 heterocycles. The Balaban J connectivity index is 2.36. The average molecular weight is 337 g/mol. The first-order chi connectivity index (χ1) is 9.82. The normalized spacial score (nSPS) is 11.6. The molecule has 0 unspecified atom stereocenters. The van der Waals surface area contributed by atoms with Crippen LogP contribution in [-0.4, -0.2) is 18.0 Å². The maximum absolute atomic E-state index is 13.7. The second-order valence-electron chi connectivity index (χ2n) is 4.11. The van der Waals surface area contributed by atoms with Crippen molar-refractivity contribution in [3.8, 4) is 5.75 Å². The fourth-order valence-electron chi connectivity index (χ4n) is 1.76. The number of nitrogens with zero attached hydrogens (tertiary/aromatic N) is 2. The van der Waals surface area contributed by atoms with Crippen LogP contribution in [0.3, 0.4) is 0 Å². The van der Waals surface area contributed by atoms with E-state index in [1.54, 1.807) is 10.9 Å². The van der Waals surface area contributed by atoms with Crippen LogP contribution in [0, 0.1) is 11.6 Å². The Kier molecular flexibility index (Phi) is 4.48. The van der Waals surface area contributed by atoms with Crippen LogP contribution in [0.15, 0.2) is 29.6 Å². The zero-order valence-electron chi connectivity index (χ0n) is 10.9. The fourth-order valence-corrected chi connectivity index (χ4v) is 2.73. The lowest BCUT2D eigenvalue weighted by molar-refractivity contribution is 0.271. The number of ether oxygens (including phenoxy) is 1. The molecule has 0 fully saturated rings. The van der Waals surface area contributed by atoms with Gasteiger partial charge in [0.15, 0.2) is 11.6 Å². The van der Waals surface area contributed by atoms with Gasteiger partial charge >= 0.3 is 0 Å². The van der Waals surface area contributed by atoms with Crippen molar-refractivity contribution in [2.75, 3.05) is 0 Å². The van der Waals surface area contributed by atoms with E-state index in [-0.39, 0.29) is 6.61 Å². The van der Waals surface area contributed by atoms with Crippen LogP contribution in [0.25, 0.3) is 0 Å². The number of imidazole rings is 1. The second kappa shape index (κ2) is 5.98. The second-order valence-corrected chi connectivity index (χ2v) is 6.65. The summed E-state index contributed by atoms with van der Waals surface area (Å²) in [5.74, 6) is -2.82. The molecule has 114 valence electrons. The Labute approximate surface area is 124 Å². The highest BCUT2D eigenvalue weighted by molar-refractivity contribution is 8.13. The summed E-state index contributed by atoms with van der Waals surface area (Å²) in [6, 6.07) is 1.13. The standard InChI is InChI=1S/C12H11ClF2N2O3S/c1-2-17-7-16-5-9(17)6-20-12-10(15)3-8(14)4-11(12)21(13,18)19/h3-5,7H,2,6H2,1H3. The van der Waals surface area contributed by atoms with Crippen LogP contribution in [0.2, 0.25) is 0 Å². The third-order valence-electron chi connectivity index (χ3n) is 2.74. The molecule has 0 amide bonds. The summed E-state index contributed by atoms with van der Waals surface area (Å²) in [5, 5.41) is 0. The molecule has 1 aromatic carbocycles. The lowest BCUT2D eigenvalue weighted by atomic mass is 10.3. The van der Waals surface area contributed by atoms with Gasteiger partial charge < -0.3 is 9.30 Å². The number of aromatic nitrogens is 2. The SMILES string of the molecule is CCn1cncc1COc1c(F)cc(F)cc1S(=O)(=O)Cl. The number of hydrogen-bond acceptors (Lipinski definition) is 4. The van der Waals surface area contributed by atoms with Gasteiger partial charge in [0.05, 0.1) is 18.2 Å². The molecule has 0 aliphatic heterocycles. The minimum atomic E-state index is -4.34. The first kappa shape index (κ1) is 15.7. The van der Waals surface area contributed by atoms with Crippen molar-refractivity contribution in [2.45, 2.75) is 25.0 Å². The summed E-state index contributed by atoms with van der Waals surface area (Å²) < 4.78 is 56.5. The summed E-state index contributed by atoms with van der Waals surface area (Å²) in [6.07, 6.45) is 3.05. The molecule has 5 nitrogen and oxygen atoms in total. The summed E-state index contributed by atoms with van der Waals surface area (Å²) >= 11 is 0. The van der Waals surface area contributed by atoms with Gasteiger partial charge in [0.25, 0.3) is 9.05 Å². The zero-order chi connectivity index (χ0) is 15.6. The number of rotatable bonds is 5. The van der Waals surface area contributed by atoms with E-state index in [2.05, 4.69) is 4.98 Å². The minimum Gasteiger partial charge on any atom is -0.483 e. The molecular weight excluding hydrogens is 326 g/mol. The molecule has 2 aromatic rings. The van der Waals surface area contributed by atoms with Crippen molar-refractivity contribution in [1.29, 1.82) is 0 Å². The Hall–Kier alpha value is -1.67. The van der Waals surface area contributed by atoms with Crippen LogP contribution in [-0.2, 0) is 22.2 Å². The van der Waals surface area contributed by atoms with E-state index >= 15 is 0 Å². The van der Waals surface area contributed by atoms with Crippen LogP contribution in [0.4, 0.5) is 8.78 Å². The summed E-state index contributed by atoms with van der Waals surface area (Å²) in [4.78, 5) is 3.15. The molecule has 0 saturated carbocycles. The van der Waals surface area contributed by atoms with Crippen LogP contribution in [0.1, 0.15) is 12.6 Å². The average Bonchev–Trinajstić information content (AvgIpc) is 2.83. The minimum absolute atomic E-state index is 0.129. The Morgan fingerprint density at radius 2 is 2.10 bits per heavy atom. The zero-order valence-corrected chi connectivity index (χ0v) is 12.5. The topological polar surface area (TPSA) is 61.2 Å². The Morgan fingerprint density at radius 1 is 1.38 bits per heavy atom. The summed E-state index contributed by atoms with van der Waals surface area (Å²) in [5.41, 5.74) is 0.610. The summed E-state index contributed by atoms with van der Waals surface area (Å²) in [6.45, 7) is 2.36. The molecular formula is C12H11ClF2N2O3S. The Morgan fingerprint density at radius 3 is 2.71 bits per heavy atom. The smallest absolute Gasteiger partial charge is 0.265 e. The van der Waals surface area contributed by atoms with Gasteiger partial charge in [0, 0.05) is 23.3 Å². The van der Waals surface area contributed by atoms with Crippen molar-refractivity contribution >= 4 is 19.7 Å². The van der Waals surface area contributed by atoms with Crippen molar-refractivity contribution in [3.05, 3.63) is 42.0 Å². The van der Waals surface area contributed by atoms with Crippen molar-refractivity contribution in [2.24, 2.45) is 0 Å². The highest BCUT2D eigenvalue weighted by atomic mass is 35.7. The predicted molar refractivity (Wildman–Crippen MR) is 71.6 cm³/mol. The molecule has 0 aliphatic rings. The van der Waals surface area contributed by atoms with Gasteiger partial charge in [-0.2, -0.15) is 0 Å². The van der Waals surface area contributed by atoms with E-state index in [1.165, 1.54) is 6.20 Å².